The molecular formula is C6H21NSi3. The van der Waals surface area contributed by atoms with Crippen molar-refractivity contribution in [3.63, 3.8) is 0 Å². The minimum Gasteiger partial charge on any atom is -0.364 e. The highest BCUT2D eigenvalue weighted by Gasteiger charge is 2.18. The first kappa shape index (κ1) is 10.6. The highest BCUT2D eigenvalue weighted by Crippen LogP contribution is 2.04. The third-order valence-electron chi connectivity index (χ3n) is 1.66. The molecule has 0 fully saturated rings. The van der Waals surface area contributed by atoms with Crippen LogP contribution < -0.4 is 4.65 Å². The maximum absolute atomic E-state index is 3.86. The van der Waals surface area contributed by atoms with E-state index in [1.165, 1.54) is 9.76 Å². The first-order valence-corrected chi connectivity index (χ1v) is 13.5. The quantitative estimate of drug-likeness (QED) is 0.637. The second-order valence-electron chi connectivity index (χ2n) is 4.43. The van der Waals surface area contributed by atoms with Gasteiger partial charge in [0.1, 0.15) is 8.24 Å². The van der Waals surface area contributed by atoms with Gasteiger partial charge in [0.2, 0.25) is 0 Å². The SMILES string of the molecule is CC(C)[SiH]([SiH3])N[Si](C)(C)C. The van der Waals surface area contributed by atoms with Crippen molar-refractivity contribution in [2.45, 2.75) is 39.0 Å². The molecule has 0 radical (unpaired) electrons. The summed E-state index contributed by atoms with van der Waals surface area (Å²) in [6, 6.07) is 0. The molecule has 0 aliphatic heterocycles. The molecule has 0 amide bonds. The Balaban J connectivity index is 3.68. The minimum absolute atomic E-state index is 0.450. The van der Waals surface area contributed by atoms with Gasteiger partial charge in [-0.1, -0.05) is 33.5 Å². The zero-order valence-electron chi connectivity index (χ0n) is 8.15. The fraction of sp³-hybridized carbons (Fsp3) is 1.00. The molecule has 0 rings (SSSR count). The van der Waals surface area contributed by atoms with Crippen LogP contribution in [0.4, 0.5) is 0 Å². The molecule has 1 nitrogen and oxygen atoms in total. The van der Waals surface area contributed by atoms with Gasteiger partial charge in [-0.05, 0) is 5.54 Å². The average Bonchev–Trinajstić information content (AvgIpc) is 1.60. The maximum atomic E-state index is 3.86. The van der Waals surface area contributed by atoms with Crippen LogP contribution in [0.3, 0.4) is 0 Å². The molecule has 10 heavy (non-hydrogen) atoms. The Labute approximate surface area is 70.6 Å². The molecule has 62 valence electrons. The van der Waals surface area contributed by atoms with Gasteiger partial charge in [-0.3, -0.25) is 0 Å². The van der Waals surface area contributed by atoms with E-state index in [1.54, 1.807) is 0 Å². The summed E-state index contributed by atoms with van der Waals surface area (Å²) < 4.78 is 3.86. The normalized spacial score (nSPS) is 16.2. The lowest BCUT2D eigenvalue weighted by atomic mass is 10.6. The Hall–Kier alpha value is 0.611. The van der Waals surface area contributed by atoms with E-state index in [4.69, 9.17) is 0 Å². The molecule has 0 saturated carbocycles. The highest BCUT2D eigenvalue weighted by atomic mass is 29.2. The zero-order valence-corrected chi connectivity index (χ0v) is 12.3. The van der Waals surface area contributed by atoms with E-state index in [1.807, 2.05) is 0 Å². The molecule has 0 aliphatic rings. The van der Waals surface area contributed by atoms with E-state index >= 15 is 0 Å². The lowest BCUT2D eigenvalue weighted by Crippen LogP contribution is -2.52. The van der Waals surface area contributed by atoms with E-state index < -0.39 is 16.7 Å². The topological polar surface area (TPSA) is 12.0 Å². The summed E-state index contributed by atoms with van der Waals surface area (Å²) in [5, 5.41) is 0. The molecule has 0 spiro atoms. The van der Waals surface area contributed by atoms with Gasteiger partial charge in [0, 0.05) is 9.76 Å². The fourth-order valence-electron chi connectivity index (χ4n) is 0.850. The predicted octanol–water partition coefficient (Wildman–Crippen LogP) is 0.407. The molecule has 0 aromatic heterocycles. The number of nitrogens with one attached hydrogen (secondary N) is 1. The van der Waals surface area contributed by atoms with Crippen molar-refractivity contribution in [3.05, 3.63) is 0 Å². The van der Waals surface area contributed by atoms with Crippen LogP contribution in [0, 0.1) is 0 Å². The van der Waals surface area contributed by atoms with E-state index in [0.717, 1.165) is 5.54 Å². The van der Waals surface area contributed by atoms with Crippen molar-refractivity contribution in [2.24, 2.45) is 0 Å². The third-order valence-corrected chi connectivity index (χ3v) is 15.5. The van der Waals surface area contributed by atoms with Crippen LogP contribution in [-0.2, 0) is 0 Å². The molecular weight excluding hydrogens is 170 g/mol. The molecule has 0 bridgehead atoms. The first-order valence-electron chi connectivity index (χ1n) is 4.10. The Morgan fingerprint density at radius 2 is 1.70 bits per heavy atom. The second kappa shape index (κ2) is 3.85. The molecule has 0 aromatic rings. The average molecular weight is 191 g/mol. The Morgan fingerprint density at radius 3 is 1.80 bits per heavy atom. The molecule has 0 aliphatic carbocycles. The van der Waals surface area contributed by atoms with Gasteiger partial charge in [0.15, 0.2) is 0 Å². The number of hydrogen-bond acceptors (Lipinski definition) is 1. The molecule has 1 unspecified atom stereocenters. The van der Waals surface area contributed by atoms with Crippen LogP contribution in [0.25, 0.3) is 0 Å². The minimum atomic E-state index is -0.937. The summed E-state index contributed by atoms with van der Waals surface area (Å²) in [6.07, 6.45) is 0. The monoisotopic (exact) mass is 191 g/mol. The summed E-state index contributed by atoms with van der Waals surface area (Å²) in [4.78, 5) is 0. The smallest absolute Gasteiger partial charge is 0.109 e. The fourth-order valence-corrected chi connectivity index (χ4v) is 15.4. The van der Waals surface area contributed by atoms with Crippen molar-refractivity contribution >= 4 is 26.5 Å². The van der Waals surface area contributed by atoms with Gasteiger partial charge >= 0.3 is 0 Å². The highest BCUT2D eigenvalue weighted by molar-refractivity contribution is 7.07. The largest absolute Gasteiger partial charge is 0.364 e. The van der Waals surface area contributed by atoms with Crippen LogP contribution in [0.1, 0.15) is 13.8 Å². The standard InChI is InChI=1S/C6H21NSi3/c1-6(2)9(8)7-10(3,4)5/h6-7,9H,1-5,8H3. The molecule has 1 N–H and O–H groups in total. The molecule has 0 aromatic carbocycles. The Morgan fingerprint density at radius 1 is 1.30 bits per heavy atom. The van der Waals surface area contributed by atoms with E-state index in [-0.39, 0.29) is 0 Å². The van der Waals surface area contributed by atoms with Crippen molar-refractivity contribution in [3.8, 4) is 0 Å². The van der Waals surface area contributed by atoms with Gasteiger partial charge in [-0.15, -0.1) is 0 Å². The summed E-state index contributed by atoms with van der Waals surface area (Å²) in [5.41, 5.74) is 0.957. The van der Waals surface area contributed by atoms with Gasteiger partial charge in [0.05, 0.1) is 8.48 Å². The Kier molecular flexibility index (Phi) is 4.08. The molecule has 1 atom stereocenters. The van der Waals surface area contributed by atoms with Crippen LogP contribution in [0.2, 0.25) is 25.2 Å². The number of rotatable bonds is 3. The molecule has 4 heteroatoms. The summed E-state index contributed by atoms with van der Waals surface area (Å²) in [6.45, 7) is 11.9. The molecule has 0 saturated heterocycles. The molecule has 0 heterocycles. The number of hydrogen-bond donors (Lipinski definition) is 1. The Bertz CT molecular complexity index is 97.7. The van der Waals surface area contributed by atoms with Crippen LogP contribution in [0.5, 0.6) is 0 Å². The first-order chi connectivity index (χ1) is 4.33. The van der Waals surface area contributed by atoms with Crippen molar-refractivity contribution in [1.82, 2.24) is 4.65 Å². The summed E-state index contributed by atoms with van der Waals surface area (Å²) in [7, 11) is 0.0305. The lowest BCUT2D eigenvalue weighted by Gasteiger charge is -2.25. The van der Waals surface area contributed by atoms with Crippen molar-refractivity contribution in [1.29, 1.82) is 0 Å². The van der Waals surface area contributed by atoms with Crippen LogP contribution in [0.15, 0.2) is 0 Å². The van der Waals surface area contributed by atoms with Gasteiger partial charge in [0.25, 0.3) is 0 Å². The third kappa shape index (κ3) is 5.40. The predicted molar refractivity (Wildman–Crippen MR) is 58.7 cm³/mol. The maximum Gasteiger partial charge on any atom is 0.109 e. The zero-order chi connectivity index (χ0) is 8.36. The van der Waals surface area contributed by atoms with Gasteiger partial charge in [-0.25, -0.2) is 0 Å². The van der Waals surface area contributed by atoms with E-state index in [9.17, 15) is 0 Å². The second-order valence-corrected chi connectivity index (χ2v) is 16.7. The van der Waals surface area contributed by atoms with Crippen molar-refractivity contribution in [2.75, 3.05) is 0 Å². The lowest BCUT2D eigenvalue weighted by molar-refractivity contribution is 1.03. The van der Waals surface area contributed by atoms with Crippen molar-refractivity contribution < 1.29 is 0 Å². The van der Waals surface area contributed by atoms with E-state index in [0.29, 0.717) is 0 Å². The summed E-state index contributed by atoms with van der Waals surface area (Å²) in [5.74, 6) is 0. The van der Waals surface area contributed by atoms with E-state index in [2.05, 4.69) is 38.1 Å². The van der Waals surface area contributed by atoms with Crippen LogP contribution >= 0.6 is 0 Å². The van der Waals surface area contributed by atoms with Crippen LogP contribution in [-0.4, -0.2) is 26.5 Å². The summed E-state index contributed by atoms with van der Waals surface area (Å²) >= 11 is 0. The van der Waals surface area contributed by atoms with Gasteiger partial charge in [-0.2, -0.15) is 0 Å². The van der Waals surface area contributed by atoms with Gasteiger partial charge < -0.3 is 4.65 Å².